The van der Waals surface area contributed by atoms with Crippen LogP contribution in [0.25, 0.3) is 0 Å². The average Bonchev–Trinajstić information content (AvgIpc) is 2.63. The Balaban J connectivity index is 1.86. The number of piperidine rings is 1. The van der Waals surface area contributed by atoms with Crippen LogP contribution in [0.1, 0.15) is 37.8 Å². The SMILES string of the molecule is CC1CCCNC1c1ccc2c(c1)OCCCO2. The van der Waals surface area contributed by atoms with Crippen molar-refractivity contribution < 1.29 is 9.47 Å². The van der Waals surface area contributed by atoms with Crippen LogP contribution in [-0.2, 0) is 0 Å². The van der Waals surface area contributed by atoms with Crippen LogP contribution >= 0.6 is 0 Å². The molecule has 0 saturated carbocycles. The Bertz CT molecular complexity index is 419. The summed E-state index contributed by atoms with van der Waals surface area (Å²) in [6, 6.07) is 6.84. The quantitative estimate of drug-likeness (QED) is 0.827. The minimum Gasteiger partial charge on any atom is -0.490 e. The molecule has 0 radical (unpaired) electrons. The van der Waals surface area contributed by atoms with E-state index in [-0.39, 0.29) is 0 Å². The second kappa shape index (κ2) is 5.19. The van der Waals surface area contributed by atoms with Crippen molar-refractivity contribution in [3.05, 3.63) is 23.8 Å². The highest BCUT2D eigenvalue weighted by molar-refractivity contribution is 5.44. The smallest absolute Gasteiger partial charge is 0.161 e. The fourth-order valence-corrected chi connectivity index (χ4v) is 2.87. The largest absolute Gasteiger partial charge is 0.490 e. The molecule has 0 spiro atoms. The first-order chi connectivity index (χ1) is 8.84. The Morgan fingerprint density at radius 3 is 2.78 bits per heavy atom. The van der Waals surface area contributed by atoms with Crippen molar-refractivity contribution in [3.63, 3.8) is 0 Å². The second-order valence-electron chi connectivity index (χ2n) is 5.31. The van der Waals surface area contributed by atoms with Gasteiger partial charge in [-0.1, -0.05) is 13.0 Å². The summed E-state index contributed by atoms with van der Waals surface area (Å²) >= 11 is 0. The Morgan fingerprint density at radius 2 is 1.94 bits per heavy atom. The molecule has 2 aliphatic rings. The molecule has 1 fully saturated rings. The van der Waals surface area contributed by atoms with Crippen molar-refractivity contribution in [1.29, 1.82) is 0 Å². The number of rotatable bonds is 1. The topological polar surface area (TPSA) is 30.5 Å². The van der Waals surface area contributed by atoms with E-state index < -0.39 is 0 Å². The van der Waals surface area contributed by atoms with Gasteiger partial charge in [-0.3, -0.25) is 0 Å². The van der Waals surface area contributed by atoms with E-state index in [1.807, 2.05) is 0 Å². The molecule has 3 heteroatoms. The zero-order valence-corrected chi connectivity index (χ0v) is 10.9. The number of hydrogen-bond acceptors (Lipinski definition) is 3. The molecule has 0 aliphatic carbocycles. The molecule has 0 aromatic heterocycles. The van der Waals surface area contributed by atoms with Gasteiger partial charge in [0.15, 0.2) is 11.5 Å². The van der Waals surface area contributed by atoms with Crippen LogP contribution in [0, 0.1) is 5.92 Å². The molecule has 18 heavy (non-hydrogen) atoms. The lowest BCUT2D eigenvalue weighted by Gasteiger charge is -2.30. The third-order valence-electron chi connectivity index (χ3n) is 3.90. The third-order valence-corrected chi connectivity index (χ3v) is 3.90. The maximum Gasteiger partial charge on any atom is 0.161 e. The molecular formula is C15H21NO2. The van der Waals surface area contributed by atoms with E-state index in [1.54, 1.807) is 0 Å². The molecule has 1 aromatic carbocycles. The van der Waals surface area contributed by atoms with Crippen LogP contribution in [0.3, 0.4) is 0 Å². The van der Waals surface area contributed by atoms with Crippen LogP contribution < -0.4 is 14.8 Å². The van der Waals surface area contributed by atoms with E-state index in [4.69, 9.17) is 9.47 Å². The van der Waals surface area contributed by atoms with Crippen molar-refractivity contribution in [2.24, 2.45) is 5.92 Å². The van der Waals surface area contributed by atoms with Crippen LogP contribution in [0.15, 0.2) is 18.2 Å². The van der Waals surface area contributed by atoms with Gasteiger partial charge in [0.1, 0.15) is 0 Å². The van der Waals surface area contributed by atoms with Gasteiger partial charge in [0.25, 0.3) is 0 Å². The molecule has 0 bridgehead atoms. The van der Waals surface area contributed by atoms with Gasteiger partial charge < -0.3 is 14.8 Å². The zero-order valence-electron chi connectivity index (χ0n) is 10.9. The summed E-state index contributed by atoms with van der Waals surface area (Å²) in [4.78, 5) is 0. The Hall–Kier alpha value is -1.22. The lowest BCUT2D eigenvalue weighted by Crippen LogP contribution is -2.32. The number of nitrogens with one attached hydrogen (secondary N) is 1. The molecule has 1 N–H and O–H groups in total. The number of fused-ring (bicyclic) bond motifs is 1. The van der Waals surface area contributed by atoms with Crippen LogP contribution in [-0.4, -0.2) is 19.8 Å². The van der Waals surface area contributed by atoms with E-state index in [9.17, 15) is 0 Å². The van der Waals surface area contributed by atoms with Crippen molar-refractivity contribution in [3.8, 4) is 11.5 Å². The monoisotopic (exact) mass is 247 g/mol. The summed E-state index contributed by atoms with van der Waals surface area (Å²) in [5.74, 6) is 2.48. The lowest BCUT2D eigenvalue weighted by molar-refractivity contribution is 0.295. The molecule has 98 valence electrons. The predicted octanol–water partition coefficient (Wildman–Crippen LogP) is 2.91. The highest BCUT2D eigenvalue weighted by Crippen LogP contribution is 2.36. The van der Waals surface area contributed by atoms with Gasteiger partial charge >= 0.3 is 0 Å². The fourth-order valence-electron chi connectivity index (χ4n) is 2.87. The Kier molecular flexibility index (Phi) is 3.41. The van der Waals surface area contributed by atoms with E-state index in [0.717, 1.165) is 37.7 Å². The standard InChI is InChI=1S/C15H21NO2/c1-11-4-2-7-16-15(11)12-5-6-13-14(10-12)18-9-3-8-17-13/h5-6,10-11,15-16H,2-4,7-9H2,1H3. The first kappa shape index (κ1) is 11.8. The fraction of sp³-hybridized carbons (Fsp3) is 0.600. The predicted molar refractivity (Wildman–Crippen MR) is 71.2 cm³/mol. The Morgan fingerprint density at radius 1 is 1.11 bits per heavy atom. The van der Waals surface area contributed by atoms with Gasteiger partial charge in [-0.05, 0) is 43.0 Å². The van der Waals surface area contributed by atoms with Gasteiger partial charge in [-0.15, -0.1) is 0 Å². The summed E-state index contributed by atoms with van der Waals surface area (Å²) in [7, 11) is 0. The van der Waals surface area contributed by atoms with Gasteiger partial charge in [0.2, 0.25) is 0 Å². The minimum atomic E-state index is 0.455. The van der Waals surface area contributed by atoms with Crippen molar-refractivity contribution in [1.82, 2.24) is 5.32 Å². The summed E-state index contributed by atoms with van der Waals surface area (Å²) in [6.45, 7) is 4.94. The zero-order chi connectivity index (χ0) is 12.4. The maximum atomic E-state index is 5.76. The van der Waals surface area contributed by atoms with Gasteiger partial charge in [-0.25, -0.2) is 0 Å². The molecule has 1 aromatic rings. The van der Waals surface area contributed by atoms with E-state index in [1.165, 1.54) is 18.4 Å². The molecule has 3 nitrogen and oxygen atoms in total. The molecule has 2 aliphatic heterocycles. The molecule has 3 rings (SSSR count). The van der Waals surface area contributed by atoms with Gasteiger partial charge in [0, 0.05) is 12.5 Å². The summed E-state index contributed by atoms with van der Waals surface area (Å²) in [5.41, 5.74) is 1.33. The van der Waals surface area contributed by atoms with Crippen LogP contribution in [0.5, 0.6) is 11.5 Å². The molecule has 2 heterocycles. The third kappa shape index (κ3) is 2.32. The maximum absolute atomic E-state index is 5.76. The Labute approximate surface area is 108 Å². The first-order valence-electron chi connectivity index (χ1n) is 6.97. The highest BCUT2D eigenvalue weighted by Gasteiger charge is 2.23. The summed E-state index contributed by atoms with van der Waals surface area (Å²) in [6.07, 6.45) is 3.54. The molecule has 2 atom stereocenters. The molecule has 1 saturated heterocycles. The van der Waals surface area contributed by atoms with E-state index in [2.05, 4.69) is 30.4 Å². The molecular weight excluding hydrogens is 226 g/mol. The number of benzene rings is 1. The van der Waals surface area contributed by atoms with E-state index in [0.29, 0.717) is 12.0 Å². The number of hydrogen-bond donors (Lipinski definition) is 1. The summed E-state index contributed by atoms with van der Waals surface area (Å²) in [5, 5.41) is 3.61. The minimum absolute atomic E-state index is 0.455. The summed E-state index contributed by atoms with van der Waals surface area (Å²) < 4.78 is 11.4. The van der Waals surface area contributed by atoms with Crippen molar-refractivity contribution in [2.75, 3.05) is 19.8 Å². The molecule has 2 unspecified atom stereocenters. The van der Waals surface area contributed by atoms with Crippen molar-refractivity contribution in [2.45, 2.75) is 32.2 Å². The van der Waals surface area contributed by atoms with Gasteiger partial charge in [0.05, 0.1) is 13.2 Å². The normalized spacial score (nSPS) is 27.6. The average molecular weight is 247 g/mol. The number of ether oxygens (including phenoxy) is 2. The van der Waals surface area contributed by atoms with Gasteiger partial charge in [-0.2, -0.15) is 0 Å². The van der Waals surface area contributed by atoms with Crippen LogP contribution in [0.4, 0.5) is 0 Å². The second-order valence-corrected chi connectivity index (χ2v) is 5.31. The van der Waals surface area contributed by atoms with Crippen LogP contribution in [0.2, 0.25) is 0 Å². The highest BCUT2D eigenvalue weighted by atomic mass is 16.5. The molecule has 0 amide bonds. The van der Waals surface area contributed by atoms with Crippen molar-refractivity contribution >= 4 is 0 Å². The lowest BCUT2D eigenvalue weighted by atomic mass is 9.88. The van der Waals surface area contributed by atoms with E-state index >= 15 is 0 Å². The first-order valence-corrected chi connectivity index (χ1v) is 6.97.